The Morgan fingerprint density at radius 2 is 2.17 bits per heavy atom. The summed E-state index contributed by atoms with van der Waals surface area (Å²) in [7, 11) is -3.23. The van der Waals surface area contributed by atoms with E-state index in [9.17, 15) is 13.5 Å². The summed E-state index contributed by atoms with van der Waals surface area (Å²) in [4.78, 5) is 5.00. The summed E-state index contributed by atoms with van der Waals surface area (Å²) in [5.74, 6) is -0.290. The second-order valence-electron chi connectivity index (χ2n) is 6.11. The summed E-state index contributed by atoms with van der Waals surface area (Å²) < 4.78 is 24.5. The Kier molecular flexibility index (Phi) is 4.59. The maximum Gasteiger partial charge on any atom is 0.150 e. The van der Waals surface area contributed by atoms with Crippen LogP contribution in [-0.4, -0.2) is 46.8 Å². The van der Waals surface area contributed by atoms with Crippen molar-refractivity contribution in [2.75, 3.05) is 18.6 Å². The molecule has 0 spiro atoms. The fourth-order valence-electron chi connectivity index (χ4n) is 2.80. The molecule has 2 aromatic rings. The monoisotopic (exact) mass is 355 g/mol. The van der Waals surface area contributed by atoms with Crippen LogP contribution in [-0.2, 0) is 29.5 Å². The SMILES string of the molecule is Cc1ccc(CN2CCn3nc([C@H](O)CS(C)(=O)=O)cc3C2)s1. The van der Waals surface area contributed by atoms with Crippen LogP contribution in [0.4, 0.5) is 0 Å². The first-order valence-electron chi connectivity index (χ1n) is 7.50. The van der Waals surface area contributed by atoms with Crippen molar-refractivity contribution in [3.63, 3.8) is 0 Å². The second kappa shape index (κ2) is 6.35. The van der Waals surface area contributed by atoms with Crippen molar-refractivity contribution < 1.29 is 13.5 Å². The number of nitrogens with zero attached hydrogens (tertiary/aromatic N) is 3. The molecule has 0 saturated heterocycles. The van der Waals surface area contributed by atoms with Gasteiger partial charge in [0.2, 0.25) is 0 Å². The van der Waals surface area contributed by atoms with Crippen LogP contribution in [0.3, 0.4) is 0 Å². The number of sulfone groups is 1. The number of aliphatic hydroxyl groups is 1. The molecule has 3 rings (SSSR count). The number of rotatable bonds is 5. The minimum Gasteiger partial charge on any atom is -0.386 e. The summed E-state index contributed by atoms with van der Waals surface area (Å²) >= 11 is 1.81. The highest BCUT2D eigenvalue weighted by Crippen LogP contribution is 2.22. The lowest BCUT2D eigenvalue weighted by atomic mass is 10.2. The van der Waals surface area contributed by atoms with Crippen LogP contribution in [0.5, 0.6) is 0 Å². The molecular weight excluding hydrogens is 334 g/mol. The maximum absolute atomic E-state index is 11.3. The quantitative estimate of drug-likeness (QED) is 0.876. The molecule has 0 bridgehead atoms. The van der Waals surface area contributed by atoms with Gasteiger partial charge in [0.25, 0.3) is 0 Å². The van der Waals surface area contributed by atoms with Crippen molar-refractivity contribution >= 4 is 21.2 Å². The van der Waals surface area contributed by atoms with E-state index in [1.165, 1.54) is 9.75 Å². The van der Waals surface area contributed by atoms with Crippen LogP contribution < -0.4 is 0 Å². The Labute approximate surface area is 140 Å². The highest BCUT2D eigenvalue weighted by Gasteiger charge is 2.23. The fourth-order valence-corrected chi connectivity index (χ4v) is 4.48. The molecule has 1 atom stereocenters. The van der Waals surface area contributed by atoms with Gasteiger partial charge in [-0.25, -0.2) is 8.42 Å². The number of hydrogen-bond donors (Lipinski definition) is 1. The van der Waals surface area contributed by atoms with E-state index in [0.717, 1.165) is 38.1 Å². The third kappa shape index (κ3) is 4.20. The van der Waals surface area contributed by atoms with Crippen LogP contribution in [0.1, 0.15) is 27.2 Å². The number of fused-ring (bicyclic) bond motifs is 1. The Hall–Kier alpha value is -1.22. The molecule has 1 aliphatic rings. The summed E-state index contributed by atoms with van der Waals surface area (Å²) in [6, 6.07) is 6.11. The molecule has 0 aliphatic carbocycles. The van der Waals surface area contributed by atoms with Gasteiger partial charge in [-0.2, -0.15) is 5.10 Å². The number of aryl methyl sites for hydroxylation is 1. The van der Waals surface area contributed by atoms with Gasteiger partial charge < -0.3 is 5.11 Å². The van der Waals surface area contributed by atoms with Gasteiger partial charge in [0.15, 0.2) is 0 Å². The van der Waals surface area contributed by atoms with E-state index in [1.54, 1.807) is 0 Å². The zero-order chi connectivity index (χ0) is 16.6. The molecule has 1 aliphatic heterocycles. The summed E-state index contributed by atoms with van der Waals surface area (Å²) in [6.07, 6.45) is 0.0632. The minimum atomic E-state index is -3.23. The predicted molar refractivity (Wildman–Crippen MR) is 90.1 cm³/mol. The Balaban J connectivity index is 1.69. The van der Waals surface area contributed by atoms with E-state index in [1.807, 2.05) is 22.1 Å². The number of hydrogen-bond acceptors (Lipinski definition) is 6. The molecule has 126 valence electrons. The van der Waals surface area contributed by atoms with E-state index in [4.69, 9.17) is 0 Å². The Morgan fingerprint density at radius 3 is 2.83 bits per heavy atom. The lowest BCUT2D eigenvalue weighted by Gasteiger charge is -2.26. The highest BCUT2D eigenvalue weighted by molar-refractivity contribution is 7.90. The van der Waals surface area contributed by atoms with Gasteiger partial charge in [-0.1, -0.05) is 0 Å². The third-order valence-electron chi connectivity index (χ3n) is 3.87. The molecule has 2 aromatic heterocycles. The third-order valence-corrected chi connectivity index (χ3v) is 5.78. The molecule has 6 nitrogen and oxygen atoms in total. The summed E-state index contributed by atoms with van der Waals surface area (Å²) in [6.45, 7) is 5.42. The molecule has 0 radical (unpaired) electrons. The van der Waals surface area contributed by atoms with E-state index >= 15 is 0 Å². The van der Waals surface area contributed by atoms with Crippen molar-refractivity contribution in [2.24, 2.45) is 0 Å². The zero-order valence-electron chi connectivity index (χ0n) is 13.3. The van der Waals surface area contributed by atoms with E-state index < -0.39 is 15.9 Å². The highest BCUT2D eigenvalue weighted by atomic mass is 32.2. The van der Waals surface area contributed by atoms with E-state index in [2.05, 4.69) is 29.1 Å². The molecular formula is C15H21N3O3S2. The predicted octanol–water partition coefficient (Wildman–Crippen LogP) is 1.35. The average molecular weight is 355 g/mol. The smallest absolute Gasteiger partial charge is 0.150 e. The number of aromatic nitrogens is 2. The molecule has 23 heavy (non-hydrogen) atoms. The largest absolute Gasteiger partial charge is 0.386 e. The Bertz CT molecular complexity index is 795. The van der Waals surface area contributed by atoms with Gasteiger partial charge in [-0.3, -0.25) is 9.58 Å². The summed E-state index contributed by atoms with van der Waals surface area (Å²) in [5, 5.41) is 14.4. The zero-order valence-corrected chi connectivity index (χ0v) is 14.9. The molecule has 0 amide bonds. The lowest BCUT2D eigenvalue weighted by Crippen LogP contribution is -2.33. The van der Waals surface area contributed by atoms with E-state index in [-0.39, 0.29) is 5.75 Å². The first kappa shape index (κ1) is 16.6. The second-order valence-corrected chi connectivity index (χ2v) is 9.67. The van der Waals surface area contributed by atoms with Crippen molar-refractivity contribution in [3.05, 3.63) is 39.3 Å². The van der Waals surface area contributed by atoms with Crippen LogP contribution in [0, 0.1) is 6.92 Å². The van der Waals surface area contributed by atoms with Gasteiger partial charge in [-0.05, 0) is 25.1 Å². The maximum atomic E-state index is 11.3. The van der Waals surface area contributed by atoms with Gasteiger partial charge in [0, 0.05) is 35.6 Å². The van der Waals surface area contributed by atoms with Crippen LogP contribution >= 0.6 is 11.3 Å². The topological polar surface area (TPSA) is 75.4 Å². The Morgan fingerprint density at radius 1 is 1.39 bits per heavy atom. The number of thiophene rings is 1. The first-order chi connectivity index (χ1) is 10.8. The van der Waals surface area contributed by atoms with Crippen LogP contribution in [0.15, 0.2) is 18.2 Å². The van der Waals surface area contributed by atoms with Crippen molar-refractivity contribution in [2.45, 2.75) is 32.7 Å². The standard InChI is InChI=1S/C15H21N3O3S2/c1-11-3-4-13(22-11)9-17-5-6-18-12(8-17)7-14(16-18)15(19)10-23(2,20)21/h3-4,7,15,19H,5-6,8-10H2,1-2H3/t15-/m1/s1. The molecule has 0 saturated carbocycles. The minimum absolute atomic E-state index is 0.290. The molecule has 0 aromatic carbocycles. The van der Waals surface area contributed by atoms with Gasteiger partial charge >= 0.3 is 0 Å². The van der Waals surface area contributed by atoms with Crippen molar-refractivity contribution in [1.29, 1.82) is 0 Å². The normalized spacial score (nSPS) is 17.2. The lowest BCUT2D eigenvalue weighted by molar-refractivity contribution is 0.191. The van der Waals surface area contributed by atoms with Crippen LogP contribution in [0.2, 0.25) is 0 Å². The van der Waals surface area contributed by atoms with Gasteiger partial charge in [0.1, 0.15) is 15.9 Å². The number of aliphatic hydroxyl groups excluding tert-OH is 1. The van der Waals surface area contributed by atoms with Crippen molar-refractivity contribution in [1.82, 2.24) is 14.7 Å². The summed E-state index contributed by atoms with van der Waals surface area (Å²) in [5.41, 5.74) is 1.46. The molecule has 3 heterocycles. The molecule has 1 N–H and O–H groups in total. The first-order valence-corrected chi connectivity index (χ1v) is 10.4. The average Bonchev–Trinajstić information content (AvgIpc) is 3.02. The molecule has 0 fully saturated rings. The van der Waals surface area contributed by atoms with Crippen LogP contribution in [0.25, 0.3) is 0 Å². The van der Waals surface area contributed by atoms with Gasteiger partial charge in [0.05, 0.1) is 23.7 Å². The fraction of sp³-hybridized carbons (Fsp3) is 0.533. The molecule has 0 unspecified atom stereocenters. The van der Waals surface area contributed by atoms with Gasteiger partial charge in [-0.15, -0.1) is 11.3 Å². The van der Waals surface area contributed by atoms with Crippen molar-refractivity contribution in [3.8, 4) is 0 Å². The van der Waals surface area contributed by atoms with E-state index in [0.29, 0.717) is 5.69 Å². The molecule has 8 heteroatoms.